The molecule has 0 radical (unpaired) electrons. The van der Waals surface area contributed by atoms with Crippen molar-refractivity contribution in [3.05, 3.63) is 29.8 Å². The van der Waals surface area contributed by atoms with Gasteiger partial charge in [-0.1, -0.05) is 18.1 Å². The Morgan fingerprint density at radius 1 is 1.50 bits per heavy atom. The normalized spacial score (nSPS) is 8.42. The minimum absolute atomic E-state index is 0.549. The standard InChI is InChI=1S/C10H10O2/c1-12-10-6-2-4-9(8-10)5-3-7-11/h2,4,6,8,11H,5H2,1H3. The molecule has 1 N–H and O–H groups in total. The molecular weight excluding hydrogens is 152 g/mol. The molecule has 1 rings (SSSR count). The molecule has 0 saturated carbocycles. The minimum Gasteiger partial charge on any atom is -0.497 e. The highest BCUT2D eigenvalue weighted by molar-refractivity contribution is 5.30. The van der Waals surface area contributed by atoms with Crippen LogP contribution in [0.1, 0.15) is 5.56 Å². The van der Waals surface area contributed by atoms with E-state index in [2.05, 4.69) is 5.92 Å². The van der Waals surface area contributed by atoms with Gasteiger partial charge in [0, 0.05) is 6.42 Å². The Morgan fingerprint density at radius 3 is 3.00 bits per heavy atom. The third kappa shape index (κ3) is 2.21. The van der Waals surface area contributed by atoms with Crippen molar-refractivity contribution < 1.29 is 9.84 Å². The monoisotopic (exact) mass is 162 g/mol. The summed E-state index contributed by atoms with van der Waals surface area (Å²) in [5, 5.41) is 8.26. The average molecular weight is 162 g/mol. The van der Waals surface area contributed by atoms with E-state index in [4.69, 9.17) is 9.84 Å². The van der Waals surface area contributed by atoms with Crippen molar-refractivity contribution >= 4 is 0 Å². The maximum atomic E-state index is 8.26. The first kappa shape index (κ1) is 8.48. The SMILES string of the molecule is COc1cccc(CC#CO)c1. The van der Waals surface area contributed by atoms with Gasteiger partial charge in [0.15, 0.2) is 0 Å². The fraction of sp³-hybridized carbons (Fsp3) is 0.200. The van der Waals surface area contributed by atoms with Crippen molar-refractivity contribution in [1.29, 1.82) is 0 Å². The average Bonchev–Trinajstić information content (AvgIpc) is 2.15. The summed E-state index contributed by atoms with van der Waals surface area (Å²) in [5.41, 5.74) is 1.04. The molecule has 0 aliphatic heterocycles. The second-order valence-corrected chi connectivity index (χ2v) is 2.32. The van der Waals surface area contributed by atoms with Crippen LogP contribution in [0, 0.1) is 12.0 Å². The van der Waals surface area contributed by atoms with Crippen molar-refractivity contribution in [1.82, 2.24) is 0 Å². The van der Waals surface area contributed by atoms with Crippen LogP contribution in [0.3, 0.4) is 0 Å². The van der Waals surface area contributed by atoms with E-state index >= 15 is 0 Å². The fourth-order valence-corrected chi connectivity index (χ4v) is 0.924. The third-order valence-electron chi connectivity index (χ3n) is 1.51. The lowest BCUT2D eigenvalue weighted by atomic mass is 10.1. The molecule has 12 heavy (non-hydrogen) atoms. The minimum atomic E-state index is 0.549. The van der Waals surface area contributed by atoms with E-state index in [9.17, 15) is 0 Å². The van der Waals surface area contributed by atoms with Crippen LogP contribution in [0.2, 0.25) is 0 Å². The third-order valence-corrected chi connectivity index (χ3v) is 1.51. The summed E-state index contributed by atoms with van der Waals surface area (Å²) in [6, 6.07) is 7.60. The summed E-state index contributed by atoms with van der Waals surface area (Å²) in [5.74, 6) is 3.38. The number of hydrogen-bond donors (Lipinski definition) is 1. The molecule has 0 unspecified atom stereocenters. The summed E-state index contributed by atoms with van der Waals surface area (Å²) in [6.07, 6.45) is 2.41. The molecule has 2 heteroatoms. The van der Waals surface area contributed by atoms with E-state index in [-0.39, 0.29) is 0 Å². The maximum absolute atomic E-state index is 8.26. The number of hydrogen-bond acceptors (Lipinski definition) is 2. The quantitative estimate of drug-likeness (QED) is 0.669. The van der Waals surface area contributed by atoms with Gasteiger partial charge in [0.2, 0.25) is 0 Å². The van der Waals surface area contributed by atoms with E-state index in [1.807, 2.05) is 30.4 Å². The Hall–Kier alpha value is -1.62. The number of methoxy groups -OCH3 is 1. The summed E-state index contributed by atoms with van der Waals surface area (Å²) < 4.78 is 5.02. The Balaban J connectivity index is 2.77. The van der Waals surface area contributed by atoms with Crippen molar-refractivity contribution in [2.24, 2.45) is 0 Å². The Labute approximate surface area is 71.8 Å². The lowest BCUT2D eigenvalue weighted by Gasteiger charge is -2.00. The van der Waals surface area contributed by atoms with Crippen molar-refractivity contribution in [3.63, 3.8) is 0 Å². The molecule has 1 aromatic rings. The van der Waals surface area contributed by atoms with Gasteiger partial charge >= 0.3 is 0 Å². The molecule has 0 aromatic heterocycles. The molecule has 0 atom stereocenters. The highest BCUT2D eigenvalue weighted by Gasteiger charge is 1.92. The molecule has 0 amide bonds. The van der Waals surface area contributed by atoms with Gasteiger partial charge in [0.25, 0.3) is 0 Å². The molecule has 0 aliphatic rings. The maximum Gasteiger partial charge on any atom is 0.119 e. The highest BCUT2D eigenvalue weighted by Crippen LogP contribution is 2.12. The van der Waals surface area contributed by atoms with E-state index in [0.717, 1.165) is 11.3 Å². The van der Waals surface area contributed by atoms with Crippen LogP contribution in [0.4, 0.5) is 0 Å². The van der Waals surface area contributed by atoms with Crippen LogP contribution in [-0.2, 0) is 6.42 Å². The van der Waals surface area contributed by atoms with Crippen LogP contribution >= 0.6 is 0 Å². The highest BCUT2D eigenvalue weighted by atomic mass is 16.5. The van der Waals surface area contributed by atoms with Crippen LogP contribution < -0.4 is 4.74 Å². The molecule has 0 aliphatic carbocycles. The van der Waals surface area contributed by atoms with Gasteiger partial charge in [-0.3, -0.25) is 0 Å². The largest absolute Gasteiger partial charge is 0.497 e. The first-order valence-corrected chi connectivity index (χ1v) is 3.61. The first-order chi connectivity index (χ1) is 5.86. The van der Waals surface area contributed by atoms with Gasteiger partial charge in [-0.25, -0.2) is 0 Å². The lowest BCUT2D eigenvalue weighted by molar-refractivity contribution is 0.414. The van der Waals surface area contributed by atoms with Crippen LogP contribution in [0.15, 0.2) is 24.3 Å². The summed E-state index contributed by atoms with van der Waals surface area (Å²) in [6.45, 7) is 0. The van der Waals surface area contributed by atoms with Crippen molar-refractivity contribution in [3.8, 4) is 17.8 Å². The van der Waals surface area contributed by atoms with E-state index in [1.54, 1.807) is 7.11 Å². The zero-order chi connectivity index (χ0) is 8.81. The van der Waals surface area contributed by atoms with E-state index < -0.39 is 0 Å². The number of ether oxygens (including phenoxy) is 1. The number of benzene rings is 1. The number of rotatable bonds is 2. The van der Waals surface area contributed by atoms with Gasteiger partial charge in [0.1, 0.15) is 11.9 Å². The summed E-state index contributed by atoms with van der Waals surface area (Å²) in [7, 11) is 1.62. The second-order valence-electron chi connectivity index (χ2n) is 2.32. The molecule has 0 fully saturated rings. The molecule has 62 valence electrons. The Kier molecular flexibility index (Phi) is 3.04. The van der Waals surface area contributed by atoms with Crippen LogP contribution in [-0.4, -0.2) is 12.2 Å². The van der Waals surface area contributed by atoms with Gasteiger partial charge in [-0.2, -0.15) is 0 Å². The van der Waals surface area contributed by atoms with Gasteiger partial charge < -0.3 is 9.84 Å². The summed E-state index contributed by atoms with van der Waals surface area (Å²) >= 11 is 0. The fourth-order valence-electron chi connectivity index (χ4n) is 0.924. The predicted octanol–water partition coefficient (Wildman–Crippen LogP) is 1.57. The first-order valence-electron chi connectivity index (χ1n) is 3.61. The van der Waals surface area contributed by atoms with Gasteiger partial charge in [-0.15, -0.1) is 0 Å². The molecule has 0 heterocycles. The van der Waals surface area contributed by atoms with E-state index in [1.165, 1.54) is 0 Å². The zero-order valence-electron chi connectivity index (χ0n) is 6.87. The number of aliphatic hydroxyl groups excluding tert-OH is 1. The molecule has 0 saturated heterocycles. The molecule has 2 nitrogen and oxygen atoms in total. The lowest BCUT2D eigenvalue weighted by Crippen LogP contribution is -1.85. The van der Waals surface area contributed by atoms with Crippen molar-refractivity contribution in [2.45, 2.75) is 6.42 Å². The Bertz CT molecular complexity index is 307. The second kappa shape index (κ2) is 4.30. The van der Waals surface area contributed by atoms with E-state index in [0.29, 0.717) is 6.42 Å². The molecule has 1 aromatic carbocycles. The smallest absolute Gasteiger partial charge is 0.119 e. The van der Waals surface area contributed by atoms with Gasteiger partial charge in [-0.05, 0) is 17.7 Å². The molecular formula is C10H10O2. The van der Waals surface area contributed by atoms with Crippen molar-refractivity contribution in [2.75, 3.05) is 7.11 Å². The van der Waals surface area contributed by atoms with Crippen LogP contribution in [0.5, 0.6) is 5.75 Å². The topological polar surface area (TPSA) is 29.5 Å². The molecule has 0 spiro atoms. The van der Waals surface area contributed by atoms with Gasteiger partial charge in [0.05, 0.1) is 7.11 Å². The van der Waals surface area contributed by atoms with Crippen LogP contribution in [0.25, 0.3) is 0 Å². The summed E-state index contributed by atoms with van der Waals surface area (Å²) in [4.78, 5) is 0. The zero-order valence-corrected chi connectivity index (χ0v) is 6.87. The Morgan fingerprint density at radius 2 is 2.33 bits per heavy atom. The molecule has 0 bridgehead atoms. The number of aliphatic hydroxyl groups is 1. The predicted molar refractivity (Wildman–Crippen MR) is 46.4 cm³/mol.